The predicted molar refractivity (Wildman–Crippen MR) is 68.9 cm³/mol. The van der Waals surface area contributed by atoms with E-state index in [1.54, 1.807) is 18.4 Å². The lowest BCUT2D eigenvalue weighted by atomic mass is 9.93. The maximum Gasteiger partial charge on any atom is 0.0934 e. The summed E-state index contributed by atoms with van der Waals surface area (Å²) in [6.07, 6.45) is 1.05. The Labute approximate surface area is 102 Å². The van der Waals surface area contributed by atoms with Crippen LogP contribution in [0.5, 0.6) is 0 Å². The van der Waals surface area contributed by atoms with Gasteiger partial charge in [-0.3, -0.25) is 0 Å². The highest BCUT2D eigenvalue weighted by Crippen LogP contribution is 2.22. The minimum Gasteiger partial charge on any atom is -0.383 e. The molecule has 1 heterocycles. The average Bonchev–Trinajstić information content (AvgIpc) is 2.58. The third-order valence-corrected chi connectivity index (χ3v) is 2.97. The van der Waals surface area contributed by atoms with Crippen molar-refractivity contribution >= 4 is 11.3 Å². The van der Waals surface area contributed by atoms with Gasteiger partial charge >= 0.3 is 0 Å². The summed E-state index contributed by atoms with van der Waals surface area (Å²) in [5, 5.41) is 6.67. The first-order chi connectivity index (χ1) is 7.51. The van der Waals surface area contributed by atoms with Crippen molar-refractivity contribution in [2.24, 2.45) is 5.41 Å². The average molecular weight is 242 g/mol. The summed E-state index contributed by atoms with van der Waals surface area (Å²) in [6, 6.07) is 0. The van der Waals surface area contributed by atoms with Crippen LogP contribution in [-0.4, -0.2) is 25.2 Å². The van der Waals surface area contributed by atoms with E-state index >= 15 is 0 Å². The number of thiazole rings is 1. The van der Waals surface area contributed by atoms with Crippen molar-refractivity contribution in [3.8, 4) is 0 Å². The van der Waals surface area contributed by atoms with Crippen LogP contribution in [0.15, 0.2) is 5.38 Å². The van der Waals surface area contributed by atoms with E-state index in [1.807, 2.05) is 0 Å². The van der Waals surface area contributed by atoms with Crippen LogP contribution in [0.3, 0.4) is 0 Å². The van der Waals surface area contributed by atoms with Gasteiger partial charge in [0.2, 0.25) is 0 Å². The van der Waals surface area contributed by atoms with Crippen molar-refractivity contribution in [3.05, 3.63) is 16.1 Å². The highest BCUT2D eigenvalue weighted by molar-refractivity contribution is 7.09. The van der Waals surface area contributed by atoms with Crippen molar-refractivity contribution in [3.63, 3.8) is 0 Å². The summed E-state index contributed by atoms with van der Waals surface area (Å²) >= 11 is 1.76. The highest BCUT2D eigenvalue weighted by atomic mass is 32.1. The van der Waals surface area contributed by atoms with Gasteiger partial charge in [0.15, 0.2) is 0 Å². The second-order valence-corrected chi connectivity index (χ2v) is 6.08. The summed E-state index contributed by atoms with van der Waals surface area (Å²) in [7, 11) is 1.71. The Morgan fingerprint density at radius 3 is 2.81 bits per heavy atom. The fraction of sp³-hybridized carbons (Fsp3) is 0.750. The number of hydrogen-bond donors (Lipinski definition) is 1. The SMILES string of the molecule is COCCNCc1csc(CC(C)(C)C)n1. The molecule has 0 atom stereocenters. The standard InChI is InChI=1S/C12H22N2OS/c1-12(2,3)7-11-14-10(9-16-11)8-13-5-6-15-4/h9,13H,5-8H2,1-4H3. The van der Waals surface area contributed by atoms with Crippen molar-refractivity contribution in [2.75, 3.05) is 20.3 Å². The molecule has 0 saturated heterocycles. The molecule has 0 unspecified atom stereocenters. The van der Waals surface area contributed by atoms with E-state index in [1.165, 1.54) is 5.01 Å². The van der Waals surface area contributed by atoms with Crippen molar-refractivity contribution < 1.29 is 4.74 Å². The van der Waals surface area contributed by atoms with E-state index < -0.39 is 0 Å². The molecule has 0 spiro atoms. The second-order valence-electron chi connectivity index (χ2n) is 5.14. The third kappa shape index (κ3) is 5.58. The minimum absolute atomic E-state index is 0.318. The Balaban J connectivity index is 2.34. The smallest absolute Gasteiger partial charge is 0.0934 e. The molecule has 0 aliphatic heterocycles. The number of hydrogen-bond acceptors (Lipinski definition) is 4. The van der Waals surface area contributed by atoms with Gasteiger partial charge in [0, 0.05) is 32.0 Å². The predicted octanol–water partition coefficient (Wildman–Crippen LogP) is 2.47. The number of ether oxygens (including phenoxy) is 1. The van der Waals surface area contributed by atoms with Gasteiger partial charge in [0.05, 0.1) is 17.3 Å². The molecule has 0 fully saturated rings. The van der Waals surface area contributed by atoms with Crippen LogP contribution in [-0.2, 0) is 17.7 Å². The fourth-order valence-electron chi connectivity index (χ4n) is 1.36. The molecule has 0 aromatic carbocycles. The summed E-state index contributed by atoms with van der Waals surface area (Å²) in [5.74, 6) is 0. The molecule has 4 heteroatoms. The first-order valence-corrected chi connectivity index (χ1v) is 6.52. The Morgan fingerprint density at radius 2 is 2.19 bits per heavy atom. The number of nitrogens with zero attached hydrogens (tertiary/aromatic N) is 1. The van der Waals surface area contributed by atoms with E-state index in [0.29, 0.717) is 5.41 Å². The van der Waals surface area contributed by atoms with E-state index in [9.17, 15) is 0 Å². The molecule has 1 N–H and O–H groups in total. The maximum absolute atomic E-state index is 4.97. The Hall–Kier alpha value is -0.450. The first-order valence-electron chi connectivity index (χ1n) is 5.64. The van der Waals surface area contributed by atoms with Gasteiger partial charge in [0.25, 0.3) is 0 Å². The van der Waals surface area contributed by atoms with Gasteiger partial charge in [-0.05, 0) is 5.41 Å². The lowest BCUT2D eigenvalue weighted by Gasteiger charge is -2.15. The van der Waals surface area contributed by atoms with Crippen LogP contribution in [0.2, 0.25) is 0 Å². The van der Waals surface area contributed by atoms with Crippen LogP contribution in [0, 0.1) is 5.41 Å². The first kappa shape index (κ1) is 13.6. The summed E-state index contributed by atoms with van der Waals surface area (Å²) in [5.41, 5.74) is 1.46. The quantitative estimate of drug-likeness (QED) is 0.778. The summed E-state index contributed by atoms with van der Waals surface area (Å²) in [6.45, 7) is 9.19. The molecule has 1 aromatic rings. The van der Waals surface area contributed by atoms with E-state index in [-0.39, 0.29) is 0 Å². The Bertz CT molecular complexity index is 304. The minimum atomic E-state index is 0.318. The number of aromatic nitrogens is 1. The highest BCUT2D eigenvalue weighted by Gasteiger charge is 2.13. The molecule has 0 aliphatic rings. The van der Waals surface area contributed by atoms with Gasteiger partial charge in [-0.1, -0.05) is 20.8 Å². The number of nitrogens with one attached hydrogen (secondary N) is 1. The molecule has 1 rings (SSSR count). The Kier molecular flexibility index (Phi) is 5.38. The van der Waals surface area contributed by atoms with Crippen LogP contribution in [0.4, 0.5) is 0 Å². The number of rotatable bonds is 6. The van der Waals surface area contributed by atoms with E-state index in [4.69, 9.17) is 4.74 Å². The van der Waals surface area contributed by atoms with Crippen LogP contribution < -0.4 is 5.32 Å². The van der Waals surface area contributed by atoms with Gasteiger partial charge in [-0.25, -0.2) is 4.98 Å². The van der Waals surface area contributed by atoms with Gasteiger partial charge in [-0.2, -0.15) is 0 Å². The molecule has 92 valence electrons. The molecule has 0 bridgehead atoms. The van der Waals surface area contributed by atoms with Crippen LogP contribution in [0.1, 0.15) is 31.5 Å². The summed E-state index contributed by atoms with van der Waals surface area (Å²) < 4.78 is 4.97. The molecule has 1 aromatic heterocycles. The molecule has 3 nitrogen and oxygen atoms in total. The van der Waals surface area contributed by atoms with Gasteiger partial charge < -0.3 is 10.1 Å². The Morgan fingerprint density at radius 1 is 1.44 bits per heavy atom. The zero-order valence-electron chi connectivity index (χ0n) is 10.7. The van der Waals surface area contributed by atoms with Gasteiger partial charge in [-0.15, -0.1) is 11.3 Å². The zero-order chi connectivity index (χ0) is 12.0. The molecule has 0 saturated carbocycles. The second kappa shape index (κ2) is 6.33. The lowest BCUT2D eigenvalue weighted by molar-refractivity contribution is 0.199. The summed E-state index contributed by atoms with van der Waals surface area (Å²) in [4.78, 5) is 4.61. The molecular weight excluding hydrogens is 220 g/mol. The van der Waals surface area contributed by atoms with Crippen molar-refractivity contribution in [2.45, 2.75) is 33.7 Å². The lowest BCUT2D eigenvalue weighted by Crippen LogP contribution is -2.18. The molecule has 0 amide bonds. The largest absolute Gasteiger partial charge is 0.383 e. The van der Waals surface area contributed by atoms with Gasteiger partial charge in [0.1, 0.15) is 0 Å². The topological polar surface area (TPSA) is 34.1 Å². The molecule has 0 aliphatic carbocycles. The normalized spacial score (nSPS) is 12.0. The molecule has 0 radical (unpaired) electrons. The van der Waals surface area contributed by atoms with Crippen molar-refractivity contribution in [1.29, 1.82) is 0 Å². The van der Waals surface area contributed by atoms with Crippen LogP contribution >= 0.6 is 11.3 Å². The van der Waals surface area contributed by atoms with Crippen LogP contribution in [0.25, 0.3) is 0 Å². The van der Waals surface area contributed by atoms with E-state index in [0.717, 1.165) is 31.8 Å². The number of methoxy groups -OCH3 is 1. The van der Waals surface area contributed by atoms with Crippen molar-refractivity contribution in [1.82, 2.24) is 10.3 Å². The molecular formula is C12H22N2OS. The monoisotopic (exact) mass is 242 g/mol. The van der Waals surface area contributed by atoms with E-state index in [2.05, 4.69) is 36.5 Å². The zero-order valence-corrected chi connectivity index (χ0v) is 11.5. The molecule has 16 heavy (non-hydrogen) atoms. The fourth-order valence-corrected chi connectivity index (χ4v) is 2.45. The maximum atomic E-state index is 4.97. The third-order valence-electron chi connectivity index (χ3n) is 2.07.